The standard InChI is InChI=1S/C18H16ClN5O2/c1-12-16(24(25)26)17(23(2)13-8-4-3-5-9-13)22-18(20-12)21-15-11-7-6-10-14(15)19/h3-11H,1-2H3,(H,20,21,22). The zero-order chi connectivity index (χ0) is 18.7. The molecule has 2 aromatic carbocycles. The van der Waals surface area contributed by atoms with Crippen molar-refractivity contribution in [2.45, 2.75) is 6.92 Å². The van der Waals surface area contributed by atoms with Crippen LogP contribution in [0.1, 0.15) is 5.69 Å². The van der Waals surface area contributed by atoms with Crippen LogP contribution in [0.25, 0.3) is 0 Å². The molecule has 0 aliphatic carbocycles. The number of nitrogens with zero attached hydrogens (tertiary/aromatic N) is 4. The monoisotopic (exact) mass is 369 g/mol. The third kappa shape index (κ3) is 3.57. The highest BCUT2D eigenvalue weighted by atomic mass is 35.5. The molecule has 3 rings (SSSR count). The highest BCUT2D eigenvalue weighted by molar-refractivity contribution is 6.33. The van der Waals surface area contributed by atoms with Gasteiger partial charge in [0, 0.05) is 12.7 Å². The van der Waals surface area contributed by atoms with Crippen LogP contribution in [0.15, 0.2) is 54.6 Å². The van der Waals surface area contributed by atoms with E-state index in [1.807, 2.05) is 42.5 Å². The molecule has 7 nitrogen and oxygen atoms in total. The van der Waals surface area contributed by atoms with Gasteiger partial charge >= 0.3 is 5.69 Å². The van der Waals surface area contributed by atoms with Gasteiger partial charge in [-0.1, -0.05) is 41.9 Å². The first kappa shape index (κ1) is 17.6. The zero-order valence-electron chi connectivity index (χ0n) is 14.2. The van der Waals surface area contributed by atoms with E-state index in [4.69, 9.17) is 11.6 Å². The quantitative estimate of drug-likeness (QED) is 0.510. The fourth-order valence-electron chi connectivity index (χ4n) is 2.51. The topological polar surface area (TPSA) is 84.2 Å². The van der Waals surface area contributed by atoms with Crippen LogP contribution in [0.3, 0.4) is 0 Å². The van der Waals surface area contributed by atoms with E-state index in [0.29, 0.717) is 10.7 Å². The molecule has 1 aromatic heterocycles. The van der Waals surface area contributed by atoms with Crippen LogP contribution in [0, 0.1) is 17.0 Å². The van der Waals surface area contributed by atoms with Crippen molar-refractivity contribution in [3.8, 4) is 0 Å². The van der Waals surface area contributed by atoms with Gasteiger partial charge in [0.2, 0.25) is 11.8 Å². The predicted molar refractivity (Wildman–Crippen MR) is 103 cm³/mol. The van der Waals surface area contributed by atoms with Gasteiger partial charge in [0.25, 0.3) is 0 Å². The first-order valence-corrected chi connectivity index (χ1v) is 8.18. The molecule has 0 radical (unpaired) electrons. The van der Waals surface area contributed by atoms with E-state index in [9.17, 15) is 10.1 Å². The molecule has 1 N–H and O–H groups in total. The summed E-state index contributed by atoms with van der Waals surface area (Å²) in [5, 5.41) is 15.1. The maximum absolute atomic E-state index is 11.6. The zero-order valence-corrected chi connectivity index (χ0v) is 14.9. The summed E-state index contributed by atoms with van der Waals surface area (Å²) in [5.74, 6) is 0.433. The van der Waals surface area contributed by atoms with E-state index in [2.05, 4.69) is 15.3 Å². The van der Waals surface area contributed by atoms with Gasteiger partial charge in [0.1, 0.15) is 5.69 Å². The summed E-state index contributed by atoms with van der Waals surface area (Å²) in [6, 6.07) is 16.4. The lowest BCUT2D eigenvalue weighted by molar-refractivity contribution is -0.385. The van der Waals surface area contributed by atoms with Crippen molar-refractivity contribution in [3.63, 3.8) is 0 Å². The van der Waals surface area contributed by atoms with Crippen molar-refractivity contribution in [1.82, 2.24) is 9.97 Å². The highest BCUT2D eigenvalue weighted by Crippen LogP contribution is 2.34. The van der Waals surface area contributed by atoms with Crippen molar-refractivity contribution in [3.05, 3.63) is 75.4 Å². The Labute approximate surface area is 155 Å². The van der Waals surface area contributed by atoms with Crippen LogP contribution in [0.5, 0.6) is 0 Å². The third-order valence-electron chi connectivity index (χ3n) is 3.80. The largest absolute Gasteiger partial charge is 0.333 e. The maximum Gasteiger partial charge on any atom is 0.333 e. The minimum atomic E-state index is -0.469. The Morgan fingerprint density at radius 3 is 2.38 bits per heavy atom. The van der Waals surface area contributed by atoms with Crippen molar-refractivity contribution < 1.29 is 4.92 Å². The molecule has 0 amide bonds. The Bertz CT molecular complexity index is 950. The van der Waals surface area contributed by atoms with Crippen LogP contribution >= 0.6 is 11.6 Å². The molecule has 8 heteroatoms. The maximum atomic E-state index is 11.6. The Kier molecular flexibility index (Phi) is 4.99. The second kappa shape index (κ2) is 7.37. The number of benzene rings is 2. The average molecular weight is 370 g/mol. The van der Waals surface area contributed by atoms with Crippen LogP contribution in [0.2, 0.25) is 5.02 Å². The van der Waals surface area contributed by atoms with Crippen molar-refractivity contribution >= 4 is 40.4 Å². The van der Waals surface area contributed by atoms with E-state index in [1.54, 1.807) is 31.0 Å². The van der Waals surface area contributed by atoms with E-state index in [-0.39, 0.29) is 23.1 Å². The average Bonchev–Trinajstić information content (AvgIpc) is 2.63. The summed E-state index contributed by atoms with van der Waals surface area (Å²) in [7, 11) is 1.73. The summed E-state index contributed by atoms with van der Waals surface area (Å²) in [6.07, 6.45) is 0. The second-order valence-electron chi connectivity index (χ2n) is 5.56. The summed E-state index contributed by atoms with van der Waals surface area (Å²) in [4.78, 5) is 21.3. The normalized spacial score (nSPS) is 10.4. The molecule has 0 fully saturated rings. The Morgan fingerprint density at radius 1 is 1.08 bits per heavy atom. The Morgan fingerprint density at radius 2 is 1.73 bits per heavy atom. The molecule has 3 aromatic rings. The fraction of sp³-hybridized carbons (Fsp3) is 0.111. The molecule has 26 heavy (non-hydrogen) atoms. The van der Waals surface area contributed by atoms with E-state index in [1.165, 1.54) is 0 Å². The van der Waals surface area contributed by atoms with Gasteiger partial charge < -0.3 is 10.2 Å². The lowest BCUT2D eigenvalue weighted by Gasteiger charge is -2.19. The molecule has 0 spiro atoms. The summed E-state index contributed by atoms with van der Waals surface area (Å²) in [5.41, 5.74) is 1.52. The van der Waals surface area contributed by atoms with Crippen LogP contribution in [-0.2, 0) is 0 Å². The van der Waals surface area contributed by atoms with Crippen LogP contribution in [0.4, 0.5) is 28.8 Å². The van der Waals surface area contributed by atoms with Gasteiger partial charge in [-0.2, -0.15) is 4.98 Å². The van der Waals surface area contributed by atoms with Crippen LogP contribution < -0.4 is 10.2 Å². The first-order valence-electron chi connectivity index (χ1n) is 7.80. The number of nitrogens with one attached hydrogen (secondary N) is 1. The number of hydrogen-bond donors (Lipinski definition) is 1. The van der Waals surface area contributed by atoms with Gasteiger partial charge in [-0.05, 0) is 31.2 Å². The molecule has 0 bridgehead atoms. The highest BCUT2D eigenvalue weighted by Gasteiger charge is 2.25. The summed E-state index contributed by atoms with van der Waals surface area (Å²) >= 11 is 6.16. The first-order chi connectivity index (χ1) is 12.5. The number of hydrogen-bond acceptors (Lipinski definition) is 6. The number of nitro groups is 1. The number of anilines is 4. The van der Waals surface area contributed by atoms with Gasteiger partial charge in [-0.25, -0.2) is 4.98 Å². The minimum absolute atomic E-state index is 0.138. The second-order valence-corrected chi connectivity index (χ2v) is 5.97. The molecular weight excluding hydrogens is 354 g/mol. The number of para-hydroxylation sites is 2. The van der Waals surface area contributed by atoms with Gasteiger partial charge in [0.05, 0.1) is 15.6 Å². The van der Waals surface area contributed by atoms with Crippen molar-refractivity contribution in [2.24, 2.45) is 0 Å². The van der Waals surface area contributed by atoms with Gasteiger partial charge in [-0.3, -0.25) is 10.1 Å². The molecular formula is C18H16ClN5O2. The van der Waals surface area contributed by atoms with E-state index >= 15 is 0 Å². The molecule has 1 heterocycles. The Hall–Kier alpha value is -3.19. The van der Waals surface area contributed by atoms with Crippen molar-refractivity contribution in [2.75, 3.05) is 17.3 Å². The van der Waals surface area contributed by atoms with E-state index in [0.717, 1.165) is 5.69 Å². The number of rotatable bonds is 5. The smallest absolute Gasteiger partial charge is 0.324 e. The predicted octanol–water partition coefficient (Wildman–Crippen LogP) is 4.86. The Balaban J connectivity index is 2.08. The molecule has 0 aliphatic rings. The molecule has 132 valence electrons. The number of aryl methyl sites for hydroxylation is 1. The lowest BCUT2D eigenvalue weighted by Crippen LogP contribution is -2.16. The van der Waals surface area contributed by atoms with E-state index < -0.39 is 4.92 Å². The van der Waals surface area contributed by atoms with Gasteiger partial charge in [0.15, 0.2) is 0 Å². The molecule has 0 saturated heterocycles. The molecule has 0 saturated carbocycles. The lowest BCUT2D eigenvalue weighted by atomic mass is 10.2. The third-order valence-corrected chi connectivity index (χ3v) is 4.13. The SMILES string of the molecule is Cc1nc(Nc2ccccc2Cl)nc(N(C)c2ccccc2)c1[N+](=O)[O-]. The molecule has 0 aliphatic heterocycles. The molecule has 0 atom stereocenters. The molecule has 0 unspecified atom stereocenters. The van der Waals surface area contributed by atoms with Crippen LogP contribution in [-0.4, -0.2) is 21.9 Å². The number of halogens is 1. The summed E-state index contributed by atoms with van der Waals surface area (Å²) < 4.78 is 0. The van der Waals surface area contributed by atoms with Gasteiger partial charge in [-0.15, -0.1) is 0 Å². The fourth-order valence-corrected chi connectivity index (χ4v) is 2.70. The minimum Gasteiger partial charge on any atom is -0.324 e. The van der Waals surface area contributed by atoms with Crippen molar-refractivity contribution in [1.29, 1.82) is 0 Å². The summed E-state index contributed by atoms with van der Waals surface area (Å²) in [6.45, 7) is 1.58. The number of aromatic nitrogens is 2.